The Hall–Kier alpha value is -2.23. The number of carbonyl (C=O) groups is 1. The lowest BCUT2D eigenvalue weighted by molar-refractivity contribution is 0.0848. The second-order valence-corrected chi connectivity index (χ2v) is 4.88. The predicted octanol–water partition coefficient (Wildman–Crippen LogP) is 3.98. The summed E-state index contributed by atoms with van der Waals surface area (Å²) in [7, 11) is 0. The summed E-state index contributed by atoms with van der Waals surface area (Å²) >= 11 is 0. The maximum atomic E-state index is 13.2. The van der Waals surface area contributed by atoms with Gasteiger partial charge in [-0.3, -0.25) is 4.79 Å². The molecule has 1 aliphatic rings. The minimum absolute atomic E-state index is 0.0972. The number of halogens is 2. The van der Waals surface area contributed by atoms with E-state index in [1.54, 1.807) is 13.0 Å². The lowest BCUT2D eigenvalue weighted by Gasteiger charge is -2.26. The van der Waals surface area contributed by atoms with Crippen LogP contribution < -0.4 is 4.74 Å². The molecule has 0 N–H and O–H groups in total. The van der Waals surface area contributed by atoms with Crippen LogP contribution in [0.2, 0.25) is 0 Å². The van der Waals surface area contributed by atoms with Gasteiger partial charge < -0.3 is 4.74 Å². The first kappa shape index (κ1) is 12.8. The van der Waals surface area contributed by atoms with Gasteiger partial charge in [0.1, 0.15) is 23.5 Å². The topological polar surface area (TPSA) is 26.3 Å². The van der Waals surface area contributed by atoms with Crippen molar-refractivity contribution in [3.8, 4) is 5.75 Å². The Morgan fingerprint density at radius 1 is 1.10 bits per heavy atom. The fourth-order valence-electron chi connectivity index (χ4n) is 2.47. The van der Waals surface area contributed by atoms with Crippen LogP contribution in [-0.4, -0.2) is 5.78 Å². The van der Waals surface area contributed by atoms with Gasteiger partial charge in [-0.05, 0) is 42.3 Å². The number of fused-ring (bicyclic) bond motifs is 1. The van der Waals surface area contributed by atoms with Crippen LogP contribution >= 0.6 is 0 Å². The van der Waals surface area contributed by atoms with Gasteiger partial charge >= 0.3 is 0 Å². The number of carbonyl (C=O) groups excluding carboxylic acids is 1. The Bertz CT molecular complexity index is 695. The van der Waals surface area contributed by atoms with Crippen LogP contribution in [0.5, 0.6) is 5.75 Å². The molecule has 0 saturated heterocycles. The van der Waals surface area contributed by atoms with Crippen LogP contribution in [-0.2, 0) is 0 Å². The Labute approximate surface area is 115 Å². The predicted molar refractivity (Wildman–Crippen MR) is 69.9 cm³/mol. The quantitative estimate of drug-likeness (QED) is 0.786. The highest BCUT2D eigenvalue weighted by atomic mass is 19.1. The molecule has 0 saturated carbocycles. The zero-order valence-electron chi connectivity index (χ0n) is 10.8. The Morgan fingerprint density at radius 2 is 1.80 bits per heavy atom. The SMILES string of the molecule is Cc1cc(F)ccc1C1CC(=O)c2ccc(F)cc2O1. The third-order valence-electron chi connectivity index (χ3n) is 3.46. The zero-order valence-corrected chi connectivity index (χ0v) is 10.8. The summed E-state index contributed by atoms with van der Waals surface area (Å²) in [4.78, 5) is 12.1. The molecule has 1 heterocycles. The van der Waals surface area contributed by atoms with Crippen molar-refractivity contribution in [2.24, 2.45) is 0 Å². The molecule has 0 radical (unpaired) electrons. The number of ether oxygens (including phenoxy) is 1. The number of ketones is 1. The first-order valence-electron chi connectivity index (χ1n) is 6.30. The molecular formula is C16H12F2O2. The molecule has 2 aromatic carbocycles. The van der Waals surface area contributed by atoms with Crippen LogP contribution in [0, 0.1) is 18.6 Å². The monoisotopic (exact) mass is 274 g/mol. The van der Waals surface area contributed by atoms with Crippen molar-refractivity contribution in [2.75, 3.05) is 0 Å². The van der Waals surface area contributed by atoms with Crippen molar-refractivity contribution in [3.63, 3.8) is 0 Å². The molecule has 4 heteroatoms. The number of hydrogen-bond donors (Lipinski definition) is 0. The van der Waals surface area contributed by atoms with Gasteiger partial charge in [-0.25, -0.2) is 8.78 Å². The molecule has 102 valence electrons. The molecule has 1 aliphatic heterocycles. The van der Waals surface area contributed by atoms with Crippen molar-refractivity contribution >= 4 is 5.78 Å². The van der Waals surface area contributed by atoms with Crippen LogP contribution in [0.15, 0.2) is 36.4 Å². The summed E-state index contributed by atoms with van der Waals surface area (Å²) in [5.74, 6) is -0.636. The molecule has 1 unspecified atom stereocenters. The van der Waals surface area contributed by atoms with Gasteiger partial charge in [0.2, 0.25) is 0 Å². The molecule has 0 fully saturated rings. The molecule has 20 heavy (non-hydrogen) atoms. The average Bonchev–Trinajstić information content (AvgIpc) is 2.37. The van der Waals surface area contributed by atoms with Crippen molar-refractivity contribution < 1.29 is 18.3 Å². The van der Waals surface area contributed by atoms with Crippen LogP contribution in [0.25, 0.3) is 0 Å². The molecule has 2 aromatic rings. The summed E-state index contributed by atoms with van der Waals surface area (Å²) in [5, 5.41) is 0. The molecule has 1 atom stereocenters. The van der Waals surface area contributed by atoms with Crippen molar-refractivity contribution in [1.29, 1.82) is 0 Å². The van der Waals surface area contributed by atoms with E-state index in [1.807, 2.05) is 0 Å². The van der Waals surface area contributed by atoms with Gasteiger partial charge in [-0.15, -0.1) is 0 Å². The number of rotatable bonds is 1. The van der Waals surface area contributed by atoms with E-state index >= 15 is 0 Å². The number of Topliss-reactive ketones (excluding diaryl/α,β-unsaturated/α-hetero) is 1. The second kappa shape index (κ2) is 4.71. The average molecular weight is 274 g/mol. The highest BCUT2D eigenvalue weighted by Crippen LogP contribution is 2.36. The van der Waals surface area contributed by atoms with E-state index in [0.29, 0.717) is 11.1 Å². The Balaban J connectivity index is 2.00. The van der Waals surface area contributed by atoms with E-state index in [4.69, 9.17) is 4.74 Å². The van der Waals surface area contributed by atoms with Gasteiger partial charge in [0, 0.05) is 6.07 Å². The first-order valence-corrected chi connectivity index (χ1v) is 6.30. The number of benzene rings is 2. The van der Waals surface area contributed by atoms with E-state index in [0.717, 1.165) is 5.56 Å². The van der Waals surface area contributed by atoms with Gasteiger partial charge in [0.25, 0.3) is 0 Å². The highest BCUT2D eigenvalue weighted by Gasteiger charge is 2.28. The molecule has 2 nitrogen and oxygen atoms in total. The Kier molecular flexibility index (Phi) is 3.01. The standard InChI is InChI=1S/C16H12F2O2/c1-9-6-10(17)2-4-12(9)16-8-14(19)13-5-3-11(18)7-15(13)20-16/h2-7,16H,8H2,1H3. The molecule has 0 spiro atoms. The molecule has 0 aliphatic carbocycles. The highest BCUT2D eigenvalue weighted by molar-refractivity contribution is 6.00. The van der Waals surface area contributed by atoms with Gasteiger partial charge in [-0.1, -0.05) is 6.07 Å². The van der Waals surface area contributed by atoms with E-state index in [-0.39, 0.29) is 23.8 Å². The van der Waals surface area contributed by atoms with Crippen LogP contribution in [0.1, 0.15) is 34.0 Å². The zero-order chi connectivity index (χ0) is 14.3. The van der Waals surface area contributed by atoms with Crippen LogP contribution in [0.3, 0.4) is 0 Å². The maximum absolute atomic E-state index is 13.2. The van der Waals surface area contributed by atoms with Crippen molar-refractivity contribution in [2.45, 2.75) is 19.4 Å². The minimum Gasteiger partial charge on any atom is -0.484 e. The third-order valence-corrected chi connectivity index (χ3v) is 3.46. The van der Waals surface area contributed by atoms with Crippen LogP contribution in [0.4, 0.5) is 8.78 Å². The smallest absolute Gasteiger partial charge is 0.170 e. The van der Waals surface area contributed by atoms with E-state index in [2.05, 4.69) is 0 Å². The van der Waals surface area contributed by atoms with Crippen molar-refractivity contribution in [3.05, 3.63) is 64.7 Å². The minimum atomic E-state index is -0.502. The maximum Gasteiger partial charge on any atom is 0.170 e. The first-order chi connectivity index (χ1) is 9.54. The fourth-order valence-corrected chi connectivity index (χ4v) is 2.47. The van der Waals surface area contributed by atoms with Gasteiger partial charge in [0.15, 0.2) is 5.78 Å². The normalized spacial score (nSPS) is 17.6. The summed E-state index contributed by atoms with van der Waals surface area (Å²) in [5.41, 5.74) is 1.85. The lowest BCUT2D eigenvalue weighted by Crippen LogP contribution is -2.21. The third kappa shape index (κ3) is 2.18. The Morgan fingerprint density at radius 3 is 2.55 bits per heavy atom. The molecule has 0 bridgehead atoms. The number of hydrogen-bond acceptors (Lipinski definition) is 2. The van der Waals surface area contributed by atoms with E-state index < -0.39 is 11.9 Å². The van der Waals surface area contributed by atoms with Gasteiger partial charge in [-0.2, -0.15) is 0 Å². The van der Waals surface area contributed by atoms with Crippen molar-refractivity contribution in [1.82, 2.24) is 0 Å². The fraction of sp³-hybridized carbons (Fsp3) is 0.188. The lowest BCUT2D eigenvalue weighted by atomic mass is 9.94. The van der Waals surface area contributed by atoms with Gasteiger partial charge in [0.05, 0.1) is 12.0 Å². The number of aryl methyl sites for hydroxylation is 1. The summed E-state index contributed by atoms with van der Waals surface area (Å²) < 4.78 is 32.1. The largest absolute Gasteiger partial charge is 0.484 e. The molecule has 0 aromatic heterocycles. The molecule has 0 amide bonds. The summed E-state index contributed by atoms with van der Waals surface area (Å²) in [6.07, 6.45) is -0.331. The molecule has 3 rings (SSSR count). The second-order valence-electron chi connectivity index (χ2n) is 4.88. The molecular weight excluding hydrogens is 262 g/mol. The summed E-state index contributed by atoms with van der Waals surface area (Å²) in [6.45, 7) is 1.76. The summed E-state index contributed by atoms with van der Waals surface area (Å²) in [6, 6.07) is 8.21. The van der Waals surface area contributed by atoms with E-state index in [1.165, 1.54) is 30.3 Å². The van der Waals surface area contributed by atoms with E-state index in [9.17, 15) is 13.6 Å².